The number of hydrogen-bond donors (Lipinski definition) is 2. The highest BCUT2D eigenvalue weighted by molar-refractivity contribution is 6.02. The molecule has 0 aliphatic rings. The summed E-state index contributed by atoms with van der Waals surface area (Å²) in [6, 6.07) is 13.5. The second kappa shape index (κ2) is 6.37. The summed E-state index contributed by atoms with van der Waals surface area (Å²) in [4.78, 5) is 34.6. The van der Waals surface area contributed by atoms with Crippen LogP contribution >= 0.6 is 0 Å². The molecule has 1 aromatic heterocycles. The largest absolute Gasteiger partial charge is 0.478 e. The van der Waals surface area contributed by atoms with Crippen LogP contribution in [0.25, 0.3) is 10.9 Å². The first-order chi connectivity index (χ1) is 11.6. The Morgan fingerprint density at radius 1 is 1.08 bits per heavy atom. The number of carboxylic acids is 1. The van der Waals surface area contributed by atoms with Gasteiger partial charge in [-0.15, -0.1) is 0 Å². The number of aldehydes is 1. The number of fused-ring (bicyclic) bond motifs is 1. The Bertz CT molecular complexity index is 943. The smallest absolute Gasteiger partial charge is 0.337 e. The molecule has 0 fully saturated rings. The topological polar surface area (TPSA) is 88.4 Å². The van der Waals surface area contributed by atoms with E-state index >= 15 is 0 Å². The van der Waals surface area contributed by atoms with Gasteiger partial charge in [0.1, 0.15) is 6.54 Å². The molecule has 3 rings (SSSR count). The molecule has 0 bridgehead atoms. The van der Waals surface area contributed by atoms with Crippen molar-refractivity contribution in [2.45, 2.75) is 6.54 Å². The number of carbonyl (C=O) groups is 3. The molecule has 0 atom stereocenters. The summed E-state index contributed by atoms with van der Waals surface area (Å²) in [6.45, 7) is -0.0255. The molecule has 2 N–H and O–H groups in total. The van der Waals surface area contributed by atoms with Gasteiger partial charge >= 0.3 is 5.97 Å². The molecule has 24 heavy (non-hydrogen) atoms. The van der Waals surface area contributed by atoms with Gasteiger partial charge in [0.05, 0.1) is 11.3 Å². The lowest BCUT2D eigenvalue weighted by atomic mass is 10.2. The maximum Gasteiger partial charge on any atom is 0.337 e. The average molecular weight is 322 g/mol. The van der Waals surface area contributed by atoms with Crippen molar-refractivity contribution in [3.8, 4) is 0 Å². The highest BCUT2D eigenvalue weighted by Crippen LogP contribution is 2.20. The Morgan fingerprint density at radius 2 is 1.79 bits per heavy atom. The summed E-state index contributed by atoms with van der Waals surface area (Å²) in [6.07, 6.45) is 2.36. The lowest BCUT2D eigenvalue weighted by Crippen LogP contribution is -2.19. The van der Waals surface area contributed by atoms with Gasteiger partial charge in [-0.1, -0.05) is 30.3 Å². The molecular weight excluding hydrogens is 308 g/mol. The van der Waals surface area contributed by atoms with Crippen LogP contribution in [0.3, 0.4) is 0 Å². The van der Waals surface area contributed by atoms with Gasteiger partial charge in [0.15, 0.2) is 6.29 Å². The number of benzene rings is 2. The Kier molecular flexibility index (Phi) is 4.11. The lowest BCUT2D eigenvalue weighted by Gasteiger charge is -2.09. The molecular formula is C18H14N2O4. The molecule has 1 heterocycles. The molecule has 120 valence electrons. The minimum absolute atomic E-state index is 0.0248. The van der Waals surface area contributed by atoms with Crippen LogP contribution in [0.15, 0.2) is 54.7 Å². The number of nitrogens with zero attached hydrogens (tertiary/aromatic N) is 1. The summed E-state index contributed by atoms with van der Waals surface area (Å²) < 4.78 is 1.66. The zero-order valence-corrected chi connectivity index (χ0v) is 12.6. The molecule has 0 spiro atoms. The molecule has 2 aromatic carbocycles. The average Bonchev–Trinajstić information content (AvgIpc) is 2.93. The van der Waals surface area contributed by atoms with Crippen molar-refractivity contribution < 1.29 is 19.5 Å². The Hall–Kier alpha value is -3.41. The number of aromatic nitrogens is 1. The Morgan fingerprint density at radius 3 is 2.54 bits per heavy atom. The molecule has 0 saturated heterocycles. The van der Waals surface area contributed by atoms with Gasteiger partial charge in [-0.3, -0.25) is 9.59 Å². The molecule has 6 heteroatoms. The standard InChI is InChI=1S/C18H14N2O4/c21-11-12-9-20(16-8-4-2-5-13(12)16)10-17(22)19-15-7-3-1-6-14(15)18(23)24/h1-9,11H,10H2,(H,19,22)(H,23,24). The van der Waals surface area contributed by atoms with Gasteiger partial charge in [-0.2, -0.15) is 0 Å². The molecule has 0 aliphatic heterocycles. The minimum Gasteiger partial charge on any atom is -0.478 e. The van der Waals surface area contributed by atoms with E-state index in [1.54, 1.807) is 22.9 Å². The van der Waals surface area contributed by atoms with Gasteiger partial charge in [0.25, 0.3) is 0 Å². The minimum atomic E-state index is -1.11. The van der Waals surface area contributed by atoms with Crippen LogP contribution in [-0.2, 0) is 11.3 Å². The van der Waals surface area contributed by atoms with Gasteiger partial charge in [-0.05, 0) is 18.2 Å². The summed E-state index contributed by atoms with van der Waals surface area (Å²) in [5, 5.41) is 12.5. The molecule has 0 unspecified atom stereocenters. The third-order valence-electron chi connectivity index (χ3n) is 3.69. The number of nitrogens with one attached hydrogen (secondary N) is 1. The number of carbonyl (C=O) groups excluding carboxylic acids is 2. The van der Waals surface area contributed by atoms with E-state index in [0.717, 1.165) is 17.2 Å². The van der Waals surface area contributed by atoms with E-state index in [1.165, 1.54) is 12.1 Å². The van der Waals surface area contributed by atoms with Crippen molar-refractivity contribution in [3.05, 3.63) is 65.9 Å². The van der Waals surface area contributed by atoms with Crippen molar-refractivity contribution in [1.82, 2.24) is 4.57 Å². The van der Waals surface area contributed by atoms with Crippen LogP contribution in [-0.4, -0.2) is 27.8 Å². The number of anilines is 1. The second-order valence-electron chi connectivity index (χ2n) is 5.25. The van der Waals surface area contributed by atoms with Gasteiger partial charge in [0.2, 0.25) is 5.91 Å². The third kappa shape index (κ3) is 2.89. The molecule has 3 aromatic rings. The SMILES string of the molecule is O=Cc1cn(CC(=O)Nc2ccccc2C(=O)O)c2ccccc12. The first kappa shape index (κ1) is 15.5. The number of carboxylic acid groups (broad SMARTS) is 1. The van der Waals surface area contributed by atoms with E-state index in [0.29, 0.717) is 5.56 Å². The van der Waals surface area contributed by atoms with Crippen LogP contribution in [0.5, 0.6) is 0 Å². The first-order valence-corrected chi connectivity index (χ1v) is 7.25. The van der Waals surface area contributed by atoms with E-state index in [4.69, 9.17) is 5.11 Å². The van der Waals surface area contributed by atoms with Crippen molar-refractivity contribution in [1.29, 1.82) is 0 Å². The monoisotopic (exact) mass is 322 g/mol. The fraction of sp³-hybridized carbons (Fsp3) is 0.0556. The number of para-hydroxylation sites is 2. The van der Waals surface area contributed by atoms with E-state index in [-0.39, 0.29) is 23.7 Å². The van der Waals surface area contributed by atoms with Crippen LogP contribution < -0.4 is 5.32 Å². The van der Waals surface area contributed by atoms with E-state index < -0.39 is 5.97 Å². The van der Waals surface area contributed by atoms with Crippen molar-refractivity contribution >= 4 is 34.8 Å². The molecule has 1 amide bonds. The summed E-state index contributed by atoms with van der Waals surface area (Å²) >= 11 is 0. The Labute approximate surface area is 137 Å². The van der Waals surface area contributed by atoms with Crippen molar-refractivity contribution in [2.24, 2.45) is 0 Å². The highest BCUT2D eigenvalue weighted by atomic mass is 16.4. The number of amides is 1. The number of aromatic carboxylic acids is 1. The predicted molar refractivity (Wildman–Crippen MR) is 89.4 cm³/mol. The van der Waals surface area contributed by atoms with Crippen LogP contribution in [0.2, 0.25) is 0 Å². The van der Waals surface area contributed by atoms with Crippen LogP contribution in [0.1, 0.15) is 20.7 Å². The van der Waals surface area contributed by atoms with Gasteiger partial charge in [-0.25, -0.2) is 4.79 Å². The number of rotatable bonds is 5. The molecule has 0 aliphatic carbocycles. The zero-order chi connectivity index (χ0) is 17.1. The van der Waals surface area contributed by atoms with Crippen LogP contribution in [0.4, 0.5) is 5.69 Å². The Balaban J connectivity index is 1.86. The van der Waals surface area contributed by atoms with Crippen molar-refractivity contribution in [2.75, 3.05) is 5.32 Å². The van der Waals surface area contributed by atoms with Gasteiger partial charge < -0.3 is 15.0 Å². The molecule has 0 radical (unpaired) electrons. The lowest BCUT2D eigenvalue weighted by molar-refractivity contribution is -0.116. The normalized spacial score (nSPS) is 10.5. The molecule has 0 saturated carbocycles. The quantitative estimate of drug-likeness (QED) is 0.707. The third-order valence-corrected chi connectivity index (χ3v) is 3.69. The zero-order valence-electron chi connectivity index (χ0n) is 12.6. The van der Waals surface area contributed by atoms with Gasteiger partial charge in [0, 0.05) is 22.7 Å². The van der Waals surface area contributed by atoms with Crippen LogP contribution in [0, 0.1) is 0 Å². The first-order valence-electron chi connectivity index (χ1n) is 7.25. The summed E-state index contributed by atoms with van der Waals surface area (Å²) in [5.74, 6) is -1.48. The summed E-state index contributed by atoms with van der Waals surface area (Å²) in [7, 11) is 0. The second-order valence-corrected chi connectivity index (χ2v) is 5.25. The maximum absolute atomic E-state index is 12.3. The van der Waals surface area contributed by atoms with E-state index in [1.807, 2.05) is 24.3 Å². The summed E-state index contributed by atoms with van der Waals surface area (Å²) in [5.41, 5.74) is 1.53. The maximum atomic E-state index is 12.3. The predicted octanol–water partition coefficient (Wildman–Crippen LogP) is 2.79. The molecule has 6 nitrogen and oxygen atoms in total. The fourth-order valence-electron chi connectivity index (χ4n) is 2.62. The number of hydrogen-bond acceptors (Lipinski definition) is 3. The van der Waals surface area contributed by atoms with E-state index in [2.05, 4.69) is 5.32 Å². The van der Waals surface area contributed by atoms with E-state index in [9.17, 15) is 14.4 Å². The van der Waals surface area contributed by atoms with Crippen molar-refractivity contribution in [3.63, 3.8) is 0 Å². The highest BCUT2D eigenvalue weighted by Gasteiger charge is 2.14. The fourth-order valence-corrected chi connectivity index (χ4v) is 2.62.